The number of carbonyl (C=O) groups is 1. The second kappa shape index (κ2) is 5.81. The summed E-state index contributed by atoms with van der Waals surface area (Å²) in [6.45, 7) is 1.24. The zero-order valence-corrected chi connectivity index (χ0v) is 9.44. The number of aliphatic hydroxyl groups excluding tert-OH is 1. The molecule has 3 nitrogen and oxygen atoms in total. The number of carbonyl (C=O) groups excluding carboxylic acids is 1. The highest BCUT2D eigenvalue weighted by Gasteiger charge is 2.23. The SMILES string of the molecule is CCC(CO)NC(=O)c1cc(F)c(F)c(F)c1F. The molecule has 0 radical (unpaired) electrons. The smallest absolute Gasteiger partial charge is 0.254 e. The number of aliphatic hydroxyl groups is 1. The van der Waals surface area contributed by atoms with Crippen LogP contribution < -0.4 is 5.32 Å². The van der Waals surface area contributed by atoms with Crippen LogP contribution in [0.1, 0.15) is 23.7 Å². The molecule has 0 aromatic heterocycles. The fraction of sp³-hybridized carbons (Fsp3) is 0.364. The Morgan fingerprint density at radius 3 is 2.39 bits per heavy atom. The van der Waals surface area contributed by atoms with Crippen molar-refractivity contribution in [1.82, 2.24) is 5.32 Å². The Balaban J connectivity index is 3.07. The molecular weight excluding hydrogens is 254 g/mol. The van der Waals surface area contributed by atoms with Crippen LogP contribution in [0.4, 0.5) is 17.6 Å². The molecule has 0 aliphatic carbocycles. The lowest BCUT2D eigenvalue weighted by Crippen LogP contribution is -2.37. The third-order valence-corrected chi connectivity index (χ3v) is 2.40. The van der Waals surface area contributed by atoms with Gasteiger partial charge in [-0.2, -0.15) is 0 Å². The van der Waals surface area contributed by atoms with E-state index in [0.717, 1.165) is 0 Å². The van der Waals surface area contributed by atoms with Crippen LogP contribution in [-0.2, 0) is 0 Å². The maximum atomic E-state index is 13.2. The Morgan fingerprint density at radius 2 is 1.89 bits per heavy atom. The summed E-state index contributed by atoms with van der Waals surface area (Å²) in [6, 6.07) is -0.402. The minimum absolute atomic E-state index is 0.271. The fourth-order valence-corrected chi connectivity index (χ4v) is 1.28. The molecule has 18 heavy (non-hydrogen) atoms. The molecule has 0 heterocycles. The van der Waals surface area contributed by atoms with Gasteiger partial charge in [-0.15, -0.1) is 0 Å². The number of halogens is 4. The van der Waals surface area contributed by atoms with Crippen LogP contribution in [0.5, 0.6) is 0 Å². The van der Waals surface area contributed by atoms with Crippen LogP contribution in [0.25, 0.3) is 0 Å². The van der Waals surface area contributed by atoms with Gasteiger partial charge in [0.15, 0.2) is 23.3 Å². The first kappa shape index (κ1) is 14.4. The summed E-state index contributed by atoms with van der Waals surface area (Å²) in [5.41, 5.74) is -0.946. The van der Waals surface area contributed by atoms with E-state index in [0.29, 0.717) is 6.42 Å². The number of hydrogen-bond acceptors (Lipinski definition) is 2. The molecule has 0 saturated carbocycles. The highest BCUT2D eigenvalue weighted by molar-refractivity contribution is 5.94. The van der Waals surface area contributed by atoms with Gasteiger partial charge in [-0.3, -0.25) is 4.79 Å². The third-order valence-electron chi connectivity index (χ3n) is 2.40. The summed E-state index contributed by atoms with van der Waals surface area (Å²) < 4.78 is 51.7. The van der Waals surface area contributed by atoms with Crippen molar-refractivity contribution in [2.45, 2.75) is 19.4 Å². The molecule has 1 unspecified atom stereocenters. The van der Waals surface area contributed by atoms with Crippen molar-refractivity contribution in [3.8, 4) is 0 Å². The van der Waals surface area contributed by atoms with Gasteiger partial charge in [0, 0.05) is 0 Å². The highest BCUT2D eigenvalue weighted by atomic mass is 19.2. The van der Waals surface area contributed by atoms with Gasteiger partial charge < -0.3 is 10.4 Å². The van der Waals surface area contributed by atoms with E-state index in [2.05, 4.69) is 5.32 Å². The summed E-state index contributed by atoms with van der Waals surface area (Å²) in [4.78, 5) is 11.5. The molecule has 0 aliphatic heterocycles. The minimum Gasteiger partial charge on any atom is -0.394 e. The van der Waals surface area contributed by atoms with E-state index in [1.807, 2.05) is 0 Å². The van der Waals surface area contributed by atoms with Gasteiger partial charge in [0.25, 0.3) is 5.91 Å². The molecule has 1 amide bonds. The zero-order chi connectivity index (χ0) is 13.9. The Hall–Kier alpha value is -1.63. The summed E-state index contributed by atoms with van der Waals surface area (Å²) in [5.74, 6) is -8.56. The Bertz CT molecular complexity index is 461. The second-order valence-electron chi connectivity index (χ2n) is 3.61. The molecule has 1 rings (SSSR count). The molecule has 0 saturated heterocycles. The van der Waals surface area contributed by atoms with Crippen molar-refractivity contribution >= 4 is 5.91 Å². The van der Waals surface area contributed by atoms with E-state index in [1.165, 1.54) is 0 Å². The van der Waals surface area contributed by atoms with Gasteiger partial charge in [0.1, 0.15) is 0 Å². The monoisotopic (exact) mass is 265 g/mol. The van der Waals surface area contributed by atoms with E-state index < -0.39 is 47.4 Å². The molecule has 0 aliphatic rings. The van der Waals surface area contributed by atoms with Crippen LogP contribution in [-0.4, -0.2) is 23.7 Å². The van der Waals surface area contributed by atoms with Crippen LogP contribution >= 0.6 is 0 Å². The number of rotatable bonds is 4. The lowest BCUT2D eigenvalue weighted by molar-refractivity contribution is 0.0908. The average molecular weight is 265 g/mol. The molecule has 1 aromatic rings. The fourth-order valence-electron chi connectivity index (χ4n) is 1.28. The first-order valence-electron chi connectivity index (χ1n) is 5.17. The maximum absolute atomic E-state index is 13.2. The van der Waals surface area contributed by atoms with Gasteiger partial charge in [-0.05, 0) is 12.5 Å². The average Bonchev–Trinajstić information content (AvgIpc) is 2.37. The summed E-state index contributed by atoms with van der Waals surface area (Å²) >= 11 is 0. The predicted octanol–water partition coefficient (Wildman–Crippen LogP) is 1.74. The lowest BCUT2D eigenvalue weighted by Gasteiger charge is -2.14. The third kappa shape index (κ3) is 2.79. The second-order valence-corrected chi connectivity index (χ2v) is 3.61. The van der Waals surface area contributed by atoms with Crippen LogP contribution in [0.3, 0.4) is 0 Å². The molecule has 2 N–H and O–H groups in total. The Morgan fingerprint density at radius 1 is 1.28 bits per heavy atom. The summed E-state index contributed by atoms with van der Waals surface area (Å²) in [6.07, 6.45) is 0.343. The molecule has 7 heteroatoms. The summed E-state index contributed by atoms with van der Waals surface area (Å²) in [7, 11) is 0. The first-order valence-corrected chi connectivity index (χ1v) is 5.17. The van der Waals surface area contributed by atoms with Crippen LogP contribution in [0.15, 0.2) is 6.07 Å². The first-order chi connectivity index (χ1) is 8.42. The number of benzene rings is 1. The van der Waals surface area contributed by atoms with E-state index in [4.69, 9.17) is 5.11 Å². The van der Waals surface area contributed by atoms with E-state index in [9.17, 15) is 22.4 Å². The van der Waals surface area contributed by atoms with Crippen molar-refractivity contribution in [2.24, 2.45) is 0 Å². The zero-order valence-electron chi connectivity index (χ0n) is 9.44. The molecule has 1 aromatic carbocycles. The maximum Gasteiger partial charge on any atom is 0.254 e. The molecule has 100 valence electrons. The van der Waals surface area contributed by atoms with Crippen molar-refractivity contribution in [1.29, 1.82) is 0 Å². The molecule has 0 bridgehead atoms. The quantitative estimate of drug-likeness (QED) is 0.495. The topological polar surface area (TPSA) is 49.3 Å². The van der Waals surface area contributed by atoms with E-state index in [1.54, 1.807) is 6.92 Å². The largest absolute Gasteiger partial charge is 0.394 e. The highest BCUT2D eigenvalue weighted by Crippen LogP contribution is 2.18. The van der Waals surface area contributed by atoms with Gasteiger partial charge in [-0.25, -0.2) is 17.6 Å². The Kier molecular flexibility index (Phi) is 4.66. The normalized spacial score (nSPS) is 12.3. The number of amides is 1. The minimum atomic E-state index is -2.04. The predicted molar refractivity (Wildman–Crippen MR) is 54.9 cm³/mol. The lowest BCUT2D eigenvalue weighted by atomic mass is 10.1. The van der Waals surface area contributed by atoms with Gasteiger partial charge in [0.2, 0.25) is 0 Å². The van der Waals surface area contributed by atoms with Crippen LogP contribution in [0, 0.1) is 23.3 Å². The summed E-state index contributed by atoms with van der Waals surface area (Å²) in [5, 5.41) is 11.0. The van der Waals surface area contributed by atoms with E-state index in [-0.39, 0.29) is 6.07 Å². The van der Waals surface area contributed by atoms with Crippen LogP contribution in [0.2, 0.25) is 0 Å². The van der Waals surface area contributed by atoms with Gasteiger partial charge in [0.05, 0.1) is 18.2 Å². The van der Waals surface area contributed by atoms with Crippen molar-refractivity contribution < 1.29 is 27.5 Å². The molecule has 0 spiro atoms. The van der Waals surface area contributed by atoms with Crippen molar-refractivity contribution in [2.75, 3.05) is 6.61 Å². The number of hydrogen-bond donors (Lipinski definition) is 2. The number of nitrogens with one attached hydrogen (secondary N) is 1. The van der Waals surface area contributed by atoms with Crippen molar-refractivity contribution in [3.63, 3.8) is 0 Å². The molecular formula is C11H11F4NO2. The standard InChI is InChI=1S/C11H11F4NO2/c1-2-5(4-17)16-11(18)6-3-7(12)9(14)10(15)8(6)13/h3,5,17H,2,4H2,1H3,(H,16,18). The molecule has 1 atom stereocenters. The Labute approximate surface area is 100 Å². The van der Waals surface area contributed by atoms with Crippen molar-refractivity contribution in [3.05, 3.63) is 34.9 Å². The van der Waals surface area contributed by atoms with Gasteiger partial charge >= 0.3 is 0 Å². The van der Waals surface area contributed by atoms with E-state index >= 15 is 0 Å². The van der Waals surface area contributed by atoms with Gasteiger partial charge in [-0.1, -0.05) is 6.92 Å². The molecule has 0 fully saturated rings.